The first-order chi connectivity index (χ1) is 13.6. The van der Waals surface area contributed by atoms with Gasteiger partial charge in [-0.15, -0.1) is 0 Å². The first kappa shape index (κ1) is 18.8. The van der Waals surface area contributed by atoms with Crippen LogP contribution < -0.4 is 14.4 Å². The minimum absolute atomic E-state index is 0.137. The molecular weight excluding hydrogens is 358 g/mol. The molecule has 0 unspecified atom stereocenters. The number of aryl methyl sites for hydroxylation is 2. The second-order valence-corrected chi connectivity index (χ2v) is 7.07. The molecule has 1 spiro atoms. The van der Waals surface area contributed by atoms with Crippen molar-refractivity contribution in [1.82, 2.24) is 0 Å². The summed E-state index contributed by atoms with van der Waals surface area (Å²) >= 11 is 0. The summed E-state index contributed by atoms with van der Waals surface area (Å²) in [5, 5.41) is 0. The van der Waals surface area contributed by atoms with Crippen molar-refractivity contribution in [3.05, 3.63) is 53.1 Å². The molecule has 28 heavy (non-hydrogen) atoms. The molecule has 0 aliphatic carbocycles. The summed E-state index contributed by atoms with van der Waals surface area (Å²) in [6, 6.07) is 11.5. The van der Waals surface area contributed by atoms with Crippen LogP contribution >= 0.6 is 0 Å². The van der Waals surface area contributed by atoms with Crippen molar-refractivity contribution in [3.8, 4) is 11.5 Å². The molecule has 4 rings (SSSR count). The van der Waals surface area contributed by atoms with Crippen LogP contribution in [0.5, 0.6) is 11.5 Å². The van der Waals surface area contributed by atoms with Crippen LogP contribution in [-0.2, 0) is 20.1 Å². The van der Waals surface area contributed by atoms with E-state index in [1.165, 1.54) is 0 Å². The second-order valence-electron chi connectivity index (χ2n) is 7.07. The fraction of sp³-hybridized carbons (Fsp3) is 0.409. The van der Waals surface area contributed by atoms with E-state index in [0.717, 1.165) is 33.9 Å². The third-order valence-corrected chi connectivity index (χ3v) is 5.26. The van der Waals surface area contributed by atoms with Gasteiger partial charge in [-0.05, 0) is 55.7 Å². The zero-order valence-electron chi connectivity index (χ0n) is 16.5. The Morgan fingerprint density at radius 3 is 2.32 bits per heavy atom. The number of carbonyl (C=O) groups excluding carboxylic acids is 1. The molecule has 2 aromatic carbocycles. The molecule has 1 fully saturated rings. The zero-order chi connectivity index (χ0) is 19.7. The molecule has 0 atom stereocenters. The maximum absolute atomic E-state index is 13.2. The topological polar surface area (TPSA) is 57.2 Å². The van der Waals surface area contributed by atoms with Gasteiger partial charge in [-0.25, -0.2) is 0 Å². The van der Waals surface area contributed by atoms with E-state index in [4.69, 9.17) is 18.9 Å². The minimum Gasteiger partial charge on any atom is -0.497 e. The lowest BCUT2D eigenvalue weighted by Gasteiger charge is -2.22. The van der Waals surface area contributed by atoms with Crippen molar-refractivity contribution in [3.63, 3.8) is 0 Å². The molecule has 2 aromatic rings. The van der Waals surface area contributed by atoms with E-state index in [2.05, 4.69) is 0 Å². The largest absolute Gasteiger partial charge is 0.497 e. The summed E-state index contributed by atoms with van der Waals surface area (Å²) in [5.41, 5.74) is 3.82. The van der Waals surface area contributed by atoms with Gasteiger partial charge in [0.25, 0.3) is 11.7 Å². The average Bonchev–Trinajstić information content (AvgIpc) is 3.29. The lowest BCUT2D eigenvalue weighted by Crippen LogP contribution is -2.42. The lowest BCUT2D eigenvalue weighted by molar-refractivity contribution is -0.180. The number of fused-ring (bicyclic) bond motifs is 2. The van der Waals surface area contributed by atoms with Gasteiger partial charge >= 0.3 is 0 Å². The Morgan fingerprint density at radius 1 is 1.00 bits per heavy atom. The van der Waals surface area contributed by atoms with Crippen molar-refractivity contribution in [1.29, 1.82) is 0 Å². The quantitative estimate of drug-likeness (QED) is 0.716. The molecule has 0 radical (unpaired) electrons. The molecule has 0 N–H and O–H groups in total. The number of hydrogen-bond donors (Lipinski definition) is 0. The smallest absolute Gasteiger partial charge is 0.292 e. The third kappa shape index (κ3) is 3.02. The van der Waals surface area contributed by atoms with Crippen LogP contribution in [0.25, 0.3) is 0 Å². The first-order valence-electron chi connectivity index (χ1n) is 9.54. The highest BCUT2D eigenvalue weighted by molar-refractivity contribution is 6.07. The Hall–Kier alpha value is -2.57. The third-order valence-electron chi connectivity index (χ3n) is 5.26. The SMILES string of the molecule is COc1ccc(OCCCN2C(=O)C3(OCCO3)c3c(C)ccc(C)c32)cc1. The predicted octanol–water partition coefficient (Wildman–Crippen LogP) is 3.33. The summed E-state index contributed by atoms with van der Waals surface area (Å²) in [5.74, 6) is 0.156. The Morgan fingerprint density at radius 2 is 1.64 bits per heavy atom. The van der Waals surface area contributed by atoms with Gasteiger partial charge in [0.2, 0.25) is 0 Å². The van der Waals surface area contributed by atoms with Gasteiger partial charge in [0.1, 0.15) is 11.5 Å². The fourth-order valence-electron chi connectivity index (χ4n) is 3.92. The van der Waals surface area contributed by atoms with Gasteiger partial charge in [-0.2, -0.15) is 0 Å². The van der Waals surface area contributed by atoms with Crippen molar-refractivity contribution in [2.24, 2.45) is 0 Å². The summed E-state index contributed by atoms with van der Waals surface area (Å²) in [6.45, 7) is 5.90. The number of rotatable bonds is 6. The number of methoxy groups -OCH3 is 1. The summed E-state index contributed by atoms with van der Waals surface area (Å²) in [7, 11) is 1.63. The van der Waals surface area contributed by atoms with Gasteiger partial charge in [0.15, 0.2) is 0 Å². The molecule has 6 nitrogen and oxygen atoms in total. The molecular formula is C22H25NO5. The van der Waals surface area contributed by atoms with Crippen molar-refractivity contribution < 1.29 is 23.7 Å². The van der Waals surface area contributed by atoms with Crippen molar-refractivity contribution in [2.75, 3.05) is 38.4 Å². The number of amides is 1. The molecule has 0 aromatic heterocycles. The van der Waals surface area contributed by atoms with E-state index < -0.39 is 5.79 Å². The monoisotopic (exact) mass is 383 g/mol. The Bertz CT molecular complexity index is 871. The molecule has 6 heteroatoms. The molecule has 1 amide bonds. The number of anilines is 1. The maximum atomic E-state index is 13.2. The number of ether oxygens (including phenoxy) is 4. The van der Waals surface area contributed by atoms with Crippen LogP contribution in [0.1, 0.15) is 23.1 Å². The number of benzene rings is 2. The number of nitrogens with zero attached hydrogens (tertiary/aromatic N) is 1. The first-order valence-corrected chi connectivity index (χ1v) is 9.54. The van der Waals surface area contributed by atoms with Gasteiger partial charge < -0.3 is 23.8 Å². The Balaban J connectivity index is 1.48. The molecule has 2 heterocycles. The van der Waals surface area contributed by atoms with E-state index in [-0.39, 0.29) is 5.91 Å². The molecule has 2 aliphatic rings. The molecule has 1 saturated heterocycles. The summed E-state index contributed by atoms with van der Waals surface area (Å²) in [4.78, 5) is 15.0. The van der Waals surface area contributed by atoms with Crippen LogP contribution in [0, 0.1) is 13.8 Å². The van der Waals surface area contributed by atoms with Crippen LogP contribution in [0.4, 0.5) is 5.69 Å². The lowest BCUT2D eigenvalue weighted by atomic mass is 9.98. The predicted molar refractivity (Wildman–Crippen MR) is 105 cm³/mol. The van der Waals surface area contributed by atoms with Crippen LogP contribution in [0.15, 0.2) is 36.4 Å². The van der Waals surface area contributed by atoms with Gasteiger partial charge in [-0.3, -0.25) is 4.79 Å². The van der Waals surface area contributed by atoms with Gasteiger partial charge in [0, 0.05) is 12.1 Å². The summed E-state index contributed by atoms with van der Waals surface area (Å²) in [6.07, 6.45) is 0.695. The van der Waals surface area contributed by atoms with Crippen LogP contribution in [-0.4, -0.2) is 39.4 Å². The van der Waals surface area contributed by atoms with E-state index >= 15 is 0 Å². The van der Waals surface area contributed by atoms with E-state index in [1.54, 1.807) is 12.0 Å². The normalized spacial score (nSPS) is 17.2. The fourth-order valence-corrected chi connectivity index (χ4v) is 3.92. The van der Waals surface area contributed by atoms with Crippen LogP contribution in [0.2, 0.25) is 0 Å². The van der Waals surface area contributed by atoms with Crippen LogP contribution in [0.3, 0.4) is 0 Å². The maximum Gasteiger partial charge on any atom is 0.292 e. The zero-order valence-corrected chi connectivity index (χ0v) is 16.5. The molecule has 2 aliphatic heterocycles. The Kier molecular flexibility index (Phi) is 5.00. The highest BCUT2D eigenvalue weighted by Gasteiger charge is 2.57. The van der Waals surface area contributed by atoms with E-state index in [1.807, 2.05) is 50.2 Å². The minimum atomic E-state index is -1.28. The van der Waals surface area contributed by atoms with E-state index in [9.17, 15) is 4.79 Å². The summed E-state index contributed by atoms with van der Waals surface area (Å²) < 4.78 is 22.6. The van der Waals surface area contributed by atoms with Crippen molar-refractivity contribution in [2.45, 2.75) is 26.1 Å². The molecule has 148 valence electrons. The average molecular weight is 383 g/mol. The second kappa shape index (κ2) is 7.45. The van der Waals surface area contributed by atoms with Gasteiger partial charge in [-0.1, -0.05) is 12.1 Å². The highest BCUT2D eigenvalue weighted by atomic mass is 16.7. The highest BCUT2D eigenvalue weighted by Crippen LogP contribution is 2.48. The van der Waals surface area contributed by atoms with E-state index in [0.29, 0.717) is 32.8 Å². The Labute approximate surface area is 165 Å². The van der Waals surface area contributed by atoms with Gasteiger partial charge in [0.05, 0.1) is 32.6 Å². The number of carbonyl (C=O) groups is 1. The number of hydrogen-bond acceptors (Lipinski definition) is 5. The van der Waals surface area contributed by atoms with Crippen molar-refractivity contribution >= 4 is 11.6 Å². The standard InChI is InChI=1S/C22H25NO5/c1-15-5-6-16(2)20-19(15)22(27-13-14-28-22)21(24)23(20)11-4-12-26-18-9-7-17(25-3)8-10-18/h5-10H,4,11-14H2,1-3H3. The molecule has 0 saturated carbocycles. The molecule has 0 bridgehead atoms.